The van der Waals surface area contributed by atoms with Crippen LogP contribution in [0.15, 0.2) is 42.5 Å². The van der Waals surface area contributed by atoms with E-state index in [-0.39, 0.29) is 24.4 Å². The Kier molecular flexibility index (Phi) is 6.42. The third kappa shape index (κ3) is 5.47. The van der Waals surface area contributed by atoms with E-state index in [1.165, 1.54) is 4.90 Å². The van der Waals surface area contributed by atoms with Crippen LogP contribution in [0.3, 0.4) is 0 Å². The summed E-state index contributed by atoms with van der Waals surface area (Å²) >= 11 is 0. The Balaban J connectivity index is 1.67. The molecule has 0 saturated carbocycles. The molecule has 0 unspecified atom stereocenters. The first-order chi connectivity index (χ1) is 13.8. The molecule has 1 aliphatic rings. The van der Waals surface area contributed by atoms with Gasteiger partial charge in [0.1, 0.15) is 11.6 Å². The minimum absolute atomic E-state index is 0.130. The molecule has 2 aromatic carbocycles. The number of carbonyl (C=O) groups excluding carboxylic acids is 1. The van der Waals surface area contributed by atoms with Crippen molar-refractivity contribution in [2.75, 3.05) is 26.7 Å². The summed E-state index contributed by atoms with van der Waals surface area (Å²) in [5.74, 6) is -0.201. The zero-order valence-electron chi connectivity index (χ0n) is 16.0. The van der Waals surface area contributed by atoms with Crippen molar-refractivity contribution >= 4 is 5.91 Å². The summed E-state index contributed by atoms with van der Waals surface area (Å²) in [7, 11) is 1.59. The highest BCUT2D eigenvalue weighted by Gasteiger charge is 2.31. The number of alkyl halides is 3. The molecule has 8 heteroatoms. The van der Waals surface area contributed by atoms with Crippen molar-refractivity contribution in [1.82, 2.24) is 9.80 Å². The SMILES string of the molecule is COc1cccc(CN2CCC(=O)N(Cc3cc(C(F)(F)F)ccc3F)CC2)c1. The summed E-state index contributed by atoms with van der Waals surface area (Å²) in [6, 6.07) is 9.91. The molecule has 156 valence electrons. The molecular formula is C21H22F4N2O2. The van der Waals surface area contributed by atoms with Crippen LogP contribution in [0.25, 0.3) is 0 Å². The molecule has 1 aliphatic heterocycles. The fraction of sp³-hybridized carbons (Fsp3) is 0.381. The Bertz CT molecular complexity index is 870. The third-order valence-electron chi connectivity index (χ3n) is 4.96. The van der Waals surface area contributed by atoms with Crippen LogP contribution in [0.2, 0.25) is 0 Å². The maximum Gasteiger partial charge on any atom is 0.416 e. The first-order valence-corrected chi connectivity index (χ1v) is 9.25. The van der Waals surface area contributed by atoms with Crippen LogP contribution in [0.4, 0.5) is 17.6 Å². The third-order valence-corrected chi connectivity index (χ3v) is 4.96. The molecule has 2 aromatic rings. The van der Waals surface area contributed by atoms with Crippen molar-refractivity contribution in [2.24, 2.45) is 0 Å². The van der Waals surface area contributed by atoms with Crippen molar-refractivity contribution in [2.45, 2.75) is 25.7 Å². The number of hydrogen-bond donors (Lipinski definition) is 0. The van der Waals surface area contributed by atoms with Gasteiger partial charge in [0.05, 0.1) is 12.7 Å². The molecule has 29 heavy (non-hydrogen) atoms. The van der Waals surface area contributed by atoms with Gasteiger partial charge in [-0.1, -0.05) is 12.1 Å². The quantitative estimate of drug-likeness (QED) is 0.697. The van der Waals surface area contributed by atoms with Crippen LogP contribution in [0.5, 0.6) is 5.75 Å². The van der Waals surface area contributed by atoms with Gasteiger partial charge in [-0.15, -0.1) is 0 Å². The fourth-order valence-corrected chi connectivity index (χ4v) is 3.34. The van der Waals surface area contributed by atoms with E-state index < -0.39 is 17.6 Å². The number of hydrogen-bond acceptors (Lipinski definition) is 3. The second-order valence-electron chi connectivity index (χ2n) is 7.00. The van der Waals surface area contributed by atoms with E-state index in [0.717, 1.165) is 23.4 Å². The number of rotatable bonds is 5. The minimum Gasteiger partial charge on any atom is -0.497 e. The second kappa shape index (κ2) is 8.82. The number of halogens is 4. The van der Waals surface area contributed by atoms with Gasteiger partial charge < -0.3 is 9.64 Å². The summed E-state index contributed by atoms with van der Waals surface area (Å²) in [6.07, 6.45) is -4.33. The fourth-order valence-electron chi connectivity index (χ4n) is 3.34. The van der Waals surface area contributed by atoms with Crippen LogP contribution in [0.1, 0.15) is 23.1 Å². The first-order valence-electron chi connectivity index (χ1n) is 9.25. The Hall–Kier alpha value is -2.61. The van der Waals surface area contributed by atoms with Crippen LogP contribution in [-0.4, -0.2) is 42.5 Å². The van der Waals surface area contributed by atoms with E-state index in [1.54, 1.807) is 7.11 Å². The van der Waals surface area contributed by atoms with Crippen LogP contribution in [-0.2, 0) is 24.1 Å². The number of carbonyl (C=O) groups is 1. The summed E-state index contributed by atoms with van der Waals surface area (Å²) < 4.78 is 58.0. The van der Waals surface area contributed by atoms with Gasteiger partial charge in [-0.2, -0.15) is 13.2 Å². The minimum atomic E-state index is -4.56. The van der Waals surface area contributed by atoms with Crippen LogP contribution in [0, 0.1) is 5.82 Å². The van der Waals surface area contributed by atoms with Crippen molar-refractivity contribution in [3.8, 4) is 5.75 Å². The van der Waals surface area contributed by atoms with Gasteiger partial charge >= 0.3 is 6.18 Å². The summed E-state index contributed by atoms with van der Waals surface area (Å²) in [6.45, 7) is 1.83. The topological polar surface area (TPSA) is 32.8 Å². The van der Waals surface area contributed by atoms with E-state index in [0.29, 0.717) is 32.2 Å². The largest absolute Gasteiger partial charge is 0.497 e. The zero-order valence-corrected chi connectivity index (χ0v) is 16.0. The number of nitrogens with zero attached hydrogens (tertiary/aromatic N) is 2. The molecule has 0 atom stereocenters. The van der Waals surface area contributed by atoms with Gasteiger partial charge in [0, 0.05) is 44.7 Å². The Morgan fingerprint density at radius 3 is 2.55 bits per heavy atom. The van der Waals surface area contributed by atoms with E-state index in [2.05, 4.69) is 4.90 Å². The molecule has 0 radical (unpaired) electrons. The Morgan fingerprint density at radius 2 is 1.83 bits per heavy atom. The van der Waals surface area contributed by atoms with Crippen molar-refractivity contribution in [1.29, 1.82) is 0 Å². The number of ether oxygens (including phenoxy) is 1. The van der Waals surface area contributed by atoms with Gasteiger partial charge in [0.25, 0.3) is 0 Å². The molecule has 4 nitrogen and oxygen atoms in total. The summed E-state index contributed by atoms with van der Waals surface area (Å²) in [5.41, 5.74) is -0.0144. The molecule has 0 aromatic heterocycles. The molecule has 0 N–H and O–H groups in total. The highest BCUT2D eigenvalue weighted by molar-refractivity contribution is 5.76. The normalized spacial score (nSPS) is 16.0. The highest BCUT2D eigenvalue weighted by atomic mass is 19.4. The van der Waals surface area contributed by atoms with E-state index in [9.17, 15) is 22.4 Å². The molecule has 1 fully saturated rings. The van der Waals surface area contributed by atoms with Crippen molar-refractivity contribution in [3.63, 3.8) is 0 Å². The first kappa shape index (κ1) is 21.1. The standard InChI is InChI=1S/C21H22F4N2O2/c1-29-18-4-2-3-15(11-18)13-26-8-7-20(28)27(10-9-26)14-16-12-17(21(23,24)25)5-6-19(16)22/h2-6,11-12H,7-10,13-14H2,1H3. The monoisotopic (exact) mass is 410 g/mol. The predicted octanol–water partition coefficient (Wildman–Crippen LogP) is 4.09. The van der Waals surface area contributed by atoms with Crippen molar-refractivity contribution < 1.29 is 27.1 Å². The number of benzene rings is 2. The molecule has 0 aliphatic carbocycles. The molecular weight excluding hydrogens is 388 g/mol. The maximum absolute atomic E-state index is 14.0. The van der Waals surface area contributed by atoms with Gasteiger partial charge in [-0.05, 0) is 35.9 Å². The van der Waals surface area contributed by atoms with Crippen LogP contribution < -0.4 is 4.74 Å². The molecule has 0 spiro atoms. The summed E-state index contributed by atoms with van der Waals surface area (Å²) in [4.78, 5) is 16.0. The van der Waals surface area contributed by atoms with E-state index >= 15 is 0 Å². The molecule has 3 rings (SSSR count). The smallest absolute Gasteiger partial charge is 0.416 e. The lowest BCUT2D eigenvalue weighted by Crippen LogP contribution is -2.33. The van der Waals surface area contributed by atoms with Gasteiger partial charge in [0.2, 0.25) is 5.91 Å². The average molecular weight is 410 g/mol. The average Bonchev–Trinajstić information content (AvgIpc) is 2.85. The molecule has 1 amide bonds. The zero-order chi connectivity index (χ0) is 21.0. The lowest BCUT2D eigenvalue weighted by Gasteiger charge is -2.23. The molecule has 1 heterocycles. The molecule has 1 saturated heterocycles. The lowest BCUT2D eigenvalue weighted by atomic mass is 10.1. The predicted molar refractivity (Wildman–Crippen MR) is 99.7 cm³/mol. The number of amides is 1. The molecule has 0 bridgehead atoms. The highest BCUT2D eigenvalue weighted by Crippen LogP contribution is 2.30. The van der Waals surface area contributed by atoms with Crippen molar-refractivity contribution in [3.05, 3.63) is 65.0 Å². The Morgan fingerprint density at radius 1 is 1.03 bits per heavy atom. The van der Waals surface area contributed by atoms with Gasteiger partial charge in [-0.25, -0.2) is 4.39 Å². The number of methoxy groups -OCH3 is 1. The summed E-state index contributed by atoms with van der Waals surface area (Å²) in [5, 5.41) is 0. The van der Waals surface area contributed by atoms with E-state index in [4.69, 9.17) is 4.74 Å². The van der Waals surface area contributed by atoms with Crippen LogP contribution >= 0.6 is 0 Å². The van der Waals surface area contributed by atoms with Gasteiger partial charge in [-0.3, -0.25) is 9.69 Å². The van der Waals surface area contributed by atoms with Gasteiger partial charge in [0.15, 0.2) is 0 Å². The maximum atomic E-state index is 14.0. The Labute approximate surface area is 166 Å². The second-order valence-corrected chi connectivity index (χ2v) is 7.00. The lowest BCUT2D eigenvalue weighted by molar-refractivity contribution is -0.137. The van der Waals surface area contributed by atoms with E-state index in [1.807, 2.05) is 24.3 Å².